The third-order valence-electron chi connectivity index (χ3n) is 7.59. The minimum Gasteiger partial charge on any atom is -0.489 e. The van der Waals surface area contributed by atoms with Gasteiger partial charge in [0.05, 0.1) is 23.4 Å². The summed E-state index contributed by atoms with van der Waals surface area (Å²) < 4.78 is 19.6. The Morgan fingerprint density at radius 3 is 2.59 bits per heavy atom. The highest BCUT2D eigenvalue weighted by Gasteiger charge is 2.45. The number of fused-ring (bicyclic) bond motifs is 2. The van der Waals surface area contributed by atoms with Crippen LogP contribution in [0.1, 0.15) is 35.5 Å². The first-order valence-electron chi connectivity index (χ1n) is 13.6. The molecule has 1 aliphatic rings. The van der Waals surface area contributed by atoms with E-state index in [1.54, 1.807) is 37.4 Å². The van der Waals surface area contributed by atoms with Gasteiger partial charge in [0.1, 0.15) is 47.5 Å². The first kappa shape index (κ1) is 28.6. The number of amides is 2. The van der Waals surface area contributed by atoms with Crippen LogP contribution < -0.4 is 21.1 Å². The molecular formula is C31H27FN8O4. The molecule has 13 heteroatoms. The van der Waals surface area contributed by atoms with Crippen LogP contribution in [0.15, 0.2) is 73.4 Å². The van der Waals surface area contributed by atoms with E-state index in [1.807, 2.05) is 6.07 Å². The van der Waals surface area contributed by atoms with E-state index in [-0.39, 0.29) is 24.8 Å². The Hall–Kier alpha value is -5.56. The van der Waals surface area contributed by atoms with E-state index in [0.29, 0.717) is 44.7 Å². The third kappa shape index (κ3) is 5.24. The average Bonchev–Trinajstić information content (AvgIpc) is 3.38. The van der Waals surface area contributed by atoms with Gasteiger partial charge in [0.25, 0.3) is 5.91 Å². The molecule has 2 aromatic carbocycles. The van der Waals surface area contributed by atoms with Crippen molar-refractivity contribution in [2.24, 2.45) is 5.73 Å². The molecule has 0 unspecified atom stereocenters. The summed E-state index contributed by atoms with van der Waals surface area (Å²) in [4.78, 5) is 46.9. The van der Waals surface area contributed by atoms with Crippen molar-refractivity contribution in [2.75, 3.05) is 18.5 Å². The first-order valence-corrected chi connectivity index (χ1v) is 13.6. The number of benzene rings is 2. The van der Waals surface area contributed by atoms with Crippen molar-refractivity contribution in [3.8, 4) is 17.0 Å². The Balaban J connectivity index is 1.32. The highest BCUT2D eigenvalue weighted by Crippen LogP contribution is 2.45. The van der Waals surface area contributed by atoms with Crippen molar-refractivity contribution in [1.29, 1.82) is 0 Å². The largest absolute Gasteiger partial charge is 0.489 e. The average molecular weight is 595 g/mol. The Labute approximate surface area is 250 Å². The summed E-state index contributed by atoms with van der Waals surface area (Å²) in [5.74, 6) is -0.919. The van der Waals surface area contributed by atoms with Crippen molar-refractivity contribution in [1.82, 2.24) is 30.2 Å². The standard InChI is InChI=1S/C31H27FN8O4/c1-30(28(33)42)14-44-26-21(30)12-23(40-25(26)17-5-7-20(32)8-6-17)31(2,43)13-36-27(41)19-10-18-4-3-9-35-24(18)22(11-19)39-29-37-15-34-16-38-29/h3-12,15-16,43H,13-14H2,1-2H3,(H2,33,42)(H,36,41)(H,34,37,38,39)/t30-,31-/m0/s1. The maximum atomic E-state index is 13.7. The van der Waals surface area contributed by atoms with Gasteiger partial charge >= 0.3 is 0 Å². The number of aliphatic hydroxyl groups is 1. The predicted molar refractivity (Wildman–Crippen MR) is 158 cm³/mol. The van der Waals surface area contributed by atoms with Gasteiger partial charge in [0.15, 0.2) is 0 Å². The molecule has 0 radical (unpaired) electrons. The number of nitrogens with one attached hydrogen (secondary N) is 2. The van der Waals surface area contributed by atoms with Crippen LogP contribution in [-0.4, -0.2) is 55.0 Å². The molecule has 3 aromatic heterocycles. The molecule has 5 aromatic rings. The normalized spacial score (nSPS) is 16.9. The van der Waals surface area contributed by atoms with Crippen LogP contribution in [0, 0.1) is 5.82 Å². The van der Waals surface area contributed by atoms with Crippen molar-refractivity contribution in [2.45, 2.75) is 24.9 Å². The number of carbonyl (C=O) groups is 2. The van der Waals surface area contributed by atoms with Crippen molar-refractivity contribution < 1.29 is 23.8 Å². The van der Waals surface area contributed by atoms with Gasteiger partial charge in [-0.1, -0.05) is 6.07 Å². The molecule has 0 spiro atoms. The molecule has 4 heterocycles. The second-order valence-electron chi connectivity index (χ2n) is 10.9. The van der Waals surface area contributed by atoms with Gasteiger partial charge in [-0.3, -0.25) is 14.6 Å². The number of halogens is 1. The Bertz CT molecular complexity index is 1900. The molecule has 6 rings (SSSR count). The second-order valence-corrected chi connectivity index (χ2v) is 10.9. The quantitative estimate of drug-likeness (QED) is 0.209. The lowest BCUT2D eigenvalue weighted by Gasteiger charge is -2.26. The smallest absolute Gasteiger partial charge is 0.251 e. The summed E-state index contributed by atoms with van der Waals surface area (Å²) in [6, 6.07) is 14.0. The van der Waals surface area contributed by atoms with E-state index in [4.69, 9.17) is 10.5 Å². The van der Waals surface area contributed by atoms with Crippen LogP contribution >= 0.6 is 0 Å². The molecule has 5 N–H and O–H groups in total. The number of nitrogens with zero attached hydrogens (tertiary/aromatic N) is 5. The number of ether oxygens (including phenoxy) is 1. The van der Waals surface area contributed by atoms with Crippen LogP contribution in [0.3, 0.4) is 0 Å². The number of hydrogen-bond donors (Lipinski definition) is 4. The summed E-state index contributed by atoms with van der Waals surface area (Å²) in [6.07, 6.45) is 4.32. The predicted octanol–water partition coefficient (Wildman–Crippen LogP) is 3.14. The lowest BCUT2D eigenvalue weighted by atomic mass is 9.82. The number of hydrogen-bond acceptors (Lipinski definition) is 10. The molecule has 0 fully saturated rings. The Morgan fingerprint density at radius 2 is 1.86 bits per heavy atom. The molecule has 0 saturated carbocycles. The van der Waals surface area contributed by atoms with Gasteiger partial charge in [-0.05, 0) is 62.4 Å². The van der Waals surface area contributed by atoms with Gasteiger partial charge < -0.3 is 26.2 Å². The Kier molecular flexibility index (Phi) is 7.09. The van der Waals surface area contributed by atoms with E-state index < -0.39 is 28.6 Å². The minimum absolute atomic E-state index is 0.0202. The molecule has 12 nitrogen and oxygen atoms in total. The summed E-state index contributed by atoms with van der Waals surface area (Å²) in [5.41, 5.74) is 5.68. The maximum absolute atomic E-state index is 13.7. The number of aromatic nitrogens is 5. The molecule has 2 amide bonds. The highest BCUT2D eigenvalue weighted by molar-refractivity contribution is 6.02. The van der Waals surface area contributed by atoms with E-state index in [9.17, 15) is 19.1 Å². The molecule has 222 valence electrons. The van der Waals surface area contributed by atoms with Crippen molar-refractivity contribution in [3.63, 3.8) is 0 Å². The topological polar surface area (TPSA) is 178 Å². The monoisotopic (exact) mass is 594 g/mol. The van der Waals surface area contributed by atoms with E-state index in [0.717, 1.165) is 0 Å². The fourth-order valence-electron chi connectivity index (χ4n) is 4.95. The second kappa shape index (κ2) is 10.9. The van der Waals surface area contributed by atoms with E-state index >= 15 is 0 Å². The zero-order chi connectivity index (χ0) is 31.1. The first-order chi connectivity index (χ1) is 21.0. The molecular weight excluding hydrogens is 567 g/mol. The van der Waals surface area contributed by atoms with Crippen molar-refractivity contribution >= 4 is 34.4 Å². The molecule has 0 bridgehead atoms. The summed E-state index contributed by atoms with van der Waals surface area (Å²) in [7, 11) is 0. The van der Waals surface area contributed by atoms with Crippen LogP contribution in [0.25, 0.3) is 22.2 Å². The van der Waals surface area contributed by atoms with Gasteiger partial charge in [-0.15, -0.1) is 0 Å². The lowest BCUT2D eigenvalue weighted by molar-refractivity contribution is -0.123. The third-order valence-corrected chi connectivity index (χ3v) is 7.59. The minimum atomic E-state index is -1.70. The van der Waals surface area contributed by atoms with Gasteiger partial charge in [0.2, 0.25) is 11.9 Å². The van der Waals surface area contributed by atoms with E-state index in [2.05, 4.69) is 35.6 Å². The highest BCUT2D eigenvalue weighted by atomic mass is 19.1. The number of carbonyl (C=O) groups excluding carboxylic acids is 2. The molecule has 0 aliphatic carbocycles. The summed E-state index contributed by atoms with van der Waals surface area (Å²) >= 11 is 0. The fourth-order valence-corrected chi connectivity index (χ4v) is 4.95. The zero-order valence-corrected chi connectivity index (χ0v) is 23.7. The van der Waals surface area contributed by atoms with Crippen LogP contribution in [0.2, 0.25) is 0 Å². The number of anilines is 2. The number of rotatable bonds is 8. The van der Waals surface area contributed by atoms with Crippen molar-refractivity contribution in [3.05, 3.63) is 96.1 Å². The van der Waals surface area contributed by atoms with Crippen LogP contribution in [0.5, 0.6) is 5.75 Å². The molecule has 44 heavy (non-hydrogen) atoms. The van der Waals surface area contributed by atoms with Crippen LogP contribution in [-0.2, 0) is 15.8 Å². The Morgan fingerprint density at radius 1 is 1.11 bits per heavy atom. The number of primary amides is 1. The maximum Gasteiger partial charge on any atom is 0.251 e. The SMILES string of the molecule is C[C@](O)(CNC(=O)c1cc(Nc2ncncn2)c2ncccc2c1)c1cc2c(c(-c3ccc(F)cc3)n1)OC[C@]2(C)C(N)=O. The van der Waals surface area contributed by atoms with Gasteiger partial charge in [-0.25, -0.2) is 24.3 Å². The molecule has 2 atom stereocenters. The molecule has 1 aliphatic heterocycles. The van der Waals surface area contributed by atoms with Gasteiger partial charge in [-0.2, -0.15) is 0 Å². The van der Waals surface area contributed by atoms with E-state index in [1.165, 1.54) is 43.8 Å². The number of nitrogens with two attached hydrogens (primary N) is 1. The molecule has 0 saturated heterocycles. The summed E-state index contributed by atoms with van der Waals surface area (Å²) in [6.45, 7) is 2.88. The zero-order valence-electron chi connectivity index (χ0n) is 23.7. The number of pyridine rings is 2. The fraction of sp³-hybridized carbons (Fsp3) is 0.194. The lowest BCUT2D eigenvalue weighted by Crippen LogP contribution is -2.41. The summed E-state index contributed by atoms with van der Waals surface area (Å²) in [5, 5.41) is 18.2. The van der Waals surface area contributed by atoms with Gasteiger partial charge in [0, 0.05) is 28.3 Å². The van der Waals surface area contributed by atoms with Crippen LogP contribution in [0.4, 0.5) is 16.0 Å².